The molecule has 0 radical (unpaired) electrons. The largest absolute Gasteiger partial charge is 0.398 e. The number of methoxy groups -OCH3 is 1. The zero-order valence-electron chi connectivity index (χ0n) is 11.0. The van der Waals surface area contributed by atoms with Gasteiger partial charge in [-0.15, -0.1) is 0 Å². The van der Waals surface area contributed by atoms with Crippen molar-refractivity contribution in [1.82, 2.24) is 5.32 Å². The van der Waals surface area contributed by atoms with Gasteiger partial charge in [0, 0.05) is 25.8 Å². The molecule has 0 saturated heterocycles. The lowest BCUT2D eigenvalue weighted by atomic mass is 10.0. The third-order valence-electron chi connectivity index (χ3n) is 3.68. The molecule has 1 amide bonds. The van der Waals surface area contributed by atoms with Crippen molar-refractivity contribution in [3.8, 4) is 0 Å². The summed E-state index contributed by atoms with van der Waals surface area (Å²) in [5.74, 6) is -0.106. The molecule has 0 unspecified atom stereocenters. The van der Waals surface area contributed by atoms with E-state index in [1.807, 2.05) is 0 Å². The van der Waals surface area contributed by atoms with Crippen molar-refractivity contribution in [2.75, 3.05) is 26.0 Å². The van der Waals surface area contributed by atoms with Gasteiger partial charge in [-0.05, 0) is 42.9 Å². The van der Waals surface area contributed by atoms with E-state index in [9.17, 15) is 4.79 Å². The minimum Gasteiger partial charge on any atom is -0.398 e. The quantitative estimate of drug-likeness (QED) is 0.788. The van der Waals surface area contributed by atoms with Crippen molar-refractivity contribution in [2.24, 2.45) is 5.41 Å². The second kappa shape index (κ2) is 5.80. The summed E-state index contributed by atoms with van der Waals surface area (Å²) in [4.78, 5) is 12.0. The van der Waals surface area contributed by atoms with E-state index in [0.29, 0.717) is 22.8 Å². The Morgan fingerprint density at radius 1 is 1.53 bits per heavy atom. The fourth-order valence-corrected chi connectivity index (χ4v) is 2.23. The van der Waals surface area contributed by atoms with Crippen molar-refractivity contribution in [3.05, 3.63) is 28.8 Å². The summed E-state index contributed by atoms with van der Waals surface area (Å²) in [5.41, 5.74) is 6.89. The molecule has 5 heteroatoms. The number of anilines is 1. The fourth-order valence-electron chi connectivity index (χ4n) is 2.05. The van der Waals surface area contributed by atoms with Gasteiger partial charge in [-0.3, -0.25) is 4.79 Å². The van der Waals surface area contributed by atoms with Gasteiger partial charge < -0.3 is 15.8 Å². The summed E-state index contributed by atoms with van der Waals surface area (Å²) < 4.78 is 5.09. The first-order valence-electron chi connectivity index (χ1n) is 6.38. The molecule has 0 heterocycles. The number of carbonyl (C=O) groups excluding carboxylic acids is 1. The molecule has 3 N–H and O–H groups in total. The van der Waals surface area contributed by atoms with E-state index in [2.05, 4.69) is 5.32 Å². The second-order valence-electron chi connectivity index (χ2n) is 5.16. The van der Waals surface area contributed by atoms with Crippen molar-refractivity contribution < 1.29 is 9.53 Å². The molecule has 1 aliphatic rings. The van der Waals surface area contributed by atoms with Crippen LogP contribution < -0.4 is 11.1 Å². The summed E-state index contributed by atoms with van der Waals surface area (Å²) in [6, 6.07) is 4.93. The minimum atomic E-state index is -0.106. The first-order valence-corrected chi connectivity index (χ1v) is 6.76. The number of rotatable bonds is 6. The smallest absolute Gasteiger partial charge is 0.251 e. The Morgan fingerprint density at radius 3 is 2.84 bits per heavy atom. The number of benzene rings is 1. The van der Waals surface area contributed by atoms with Crippen LogP contribution in [-0.2, 0) is 4.74 Å². The highest BCUT2D eigenvalue weighted by molar-refractivity contribution is 6.33. The zero-order chi connectivity index (χ0) is 13.9. The number of hydrogen-bond donors (Lipinski definition) is 2. The van der Waals surface area contributed by atoms with E-state index in [1.54, 1.807) is 25.3 Å². The molecule has 0 atom stereocenters. The van der Waals surface area contributed by atoms with E-state index >= 15 is 0 Å². The van der Waals surface area contributed by atoms with Crippen LogP contribution in [0.2, 0.25) is 5.02 Å². The van der Waals surface area contributed by atoms with Crippen molar-refractivity contribution in [3.63, 3.8) is 0 Å². The van der Waals surface area contributed by atoms with Crippen LogP contribution in [0, 0.1) is 5.41 Å². The van der Waals surface area contributed by atoms with Gasteiger partial charge >= 0.3 is 0 Å². The number of hydrogen-bond acceptors (Lipinski definition) is 3. The molecule has 1 aromatic rings. The maximum Gasteiger partial charge on any atom is 0.251 e. The van der Waals surface area contributed by atoms with Crippen LogP contribution in [0.15, 0.2) is 18.2 Å². The predicted molar refractivity (Wildman–Crippen MR) is 76.4 cm³/mol. The number of ether oxygens (including phenoxy) is 1. The van der Waals surface area contributed by atoms with Crippen molar-refractivity contribution >= 4 is 23.2 Å². The molecular formula is C14H19ClN2O2. The van der Waals surface area contributed by atoms with Gasteiger partial charge in [0.15, 0.2) is 0 Å². The summed E-state index contributed by atoms with van der Waals surface area (Å²) in [6.45, 7) is 1.43. The Kier molecular flexibility index (Phi) is 4.32. The molecule has 104 valence electrons. The summed E-state index contributed by atoms with van der Waals surface area (Å²) in [6.07, 6.45) is 3.30. The number of amides is 1. The van der Waals surface area contributed by atoms with Crippen LogP contribution in [0.25, 0.3) is 0 Å². The fraction of sp³-hybridized carbons (Fsp3) is 0.500. The number of halogens is 1. The number of carbonyl (C=O) groups is 1. The van der Waals surface area contributed by atoms with Crippen molar-refractivity contribution in [2.45, 2.75) is 19.3 Å². The van der Waals surface area contributed by atoms with Gasteiger partial charge in [0.1, 0.15) is 0 Å². The van der Waals surface area contributed by atoms with Crippen LogP contribution in [-0.4, -0.2) is 26.2 Å². The molecule has 19 heavy (non-hydrogen) atoms. The molecule has 1 fully saturated rings. The Hall–Kier alpha value is -1.26. The number of nitrogens with one attached hydrogen (secondary N) is 1. The van der Waals surface area contributed by atoms with E-state index in [0.717, 1.165) is 25.9 Å². The monoisotopic (exact) mass is 282 g/mol. The van der Waals surface area contributed by atoms with Gasteiger partial charge in [-0.25, -0.2) is 0 Å². The molecule has 2 rings (SSSR count). The normalized spacial score (nSPS) is 16.1. The molecule has 1 saturated carbocycles. The van der Waals surface area contributed by atoms with Crippen LogP contribution in [0.5, 0.6) is 0 Å². The van der Waals surface area contributed by atoms with Gasteiger partial charge in [0.05, 0.1) is 10.7 Å². The summed E-state index contributed by atoms with van der Waals surface area (Å²) >= 11 is 5.91. The van der Waals surface area contributed by atoms with Crippen molar-refractivity contribution in [1.29, 1.82) is 0 Å². The maximum absolute atomic E-state index is 12.0. The summed E-state index contributed by atoms with van der Waals surface area (Å²) in [5, 5.41) is 3.37. The van der Waals surface area contributed by atoms with Crippen LogP contribution >= 0.6 is 11.6 Å². The molecular weight excluding hydrogens is 264 g/mol. The highest BCUT2D eigenvalue weighted by Gasteiger charge is 2.42. The third kappa shape index (κ3) is 3.61. The zero-order valence-corrected chi connectivity index (χ0v) is 11.8. The first-order chi connectivity index (χ1) is 9.06. The molecule has 0 spiro atoms. The predicted octanol–water partition coefficient (Wildman–Crippen LogP) is 2.47. The Balaban J connectivity index is 1.89. The lowest BCUT2D eigenvalue weighted by Crippen LogP contribution is -2.30. The molecule has 1 aliphatic carbocycles. The van der Waals surface area contributed by atoms with E-state index in [-0.39, 0.29) is 11.3 Å². The topological polar surface area (TPSA) is 64.3 Å². The SMILES string of the molecule is COCCC1(CNC(=O)c2ccc(N)c(Cl)c2)CC1. The lowest BCUT2D eigenvalue weighted by Gasteiger charge is -2.15. The molecule has 4 nitrogen and oxygen atoms in total. The van der Waals surface area contributed by atoms with Crippen LogP contribution in [0.4, 0.5) is 5.69 Å². The highest BCUT2D eigenvalue weighted by Crippen LogP contribution is 2.48. The van der Waals surface area contributed by atoms with E-state index in [1.165, 1.54) is 0 Å². The lowest BCUT2D eigenvalue weighted by molar-refractivity contribution is 0.0938. The number of nitrogens with two attached hydrogens (primary N) is 1. The van der Waals surface area contributed by atoms with Gasteiger partial charge in [0.25, 0.3) is 5.91 Å². The Morgan fingerprint density at radius 2 is 2.26 bits per heavy atom. The Labute approximate surface area is 118 Å². The first kappa shape index (κ1) is 14.2. The number of nitrogen functional groups attached to an aromatic ring is 1. The second-order valence-corrected chi connectivity index (χ2v) is 5.57. The Bertz CT molecular complexity index is 473. The van der Waals surface area contributed by atoms with Gasteiger partial charge in [-0.2, -0.15) is 0 Å². The molecule has 0 aliphatic heterocycles. The average Bonchev–Trinajstić information content (AvgIpc) is 3.17. The molecule has 0 aromatic heterocycles. The third-order valence-corrected chi connectivity index (χ3v) is 4.01. The van der Waals surface area contributed by atoms with Crippen LogP contribution in [0.3, 0.4) is 0 Å². The maximum atomic E-state index is 12.0. The van der Waals surface area contributed by atoms with E-state index in [4.69, 9.17) is 22.1 Å². The standard InChI is InChI=1S/C14H19ClN2O2/c1-19-7-6-14(4-5-14)9-17-13(18)10-2-3-12(16)11(15)8-10/h2-3,8H,4-7,9,16H2,1H3,(H,17,18). The minimum absolute atomic E-state index is 0.106. The highest BCUT2D eigenvalue weighted by atomic mass is 35.5. The summed E-state index contributed by atoms with van der Waals surface area (Å²) in [7, 11) is 1.70. The van der Waals surface area contributed by atoms with Crippen LogP contribution in [0.1, 0.15) is 29.6 Å². The van der Waals surface area contributed by atoms with Gasteiger partial charge in [0.2, 0.25) is 0 Å². The van der Waals surface area contributed by atoms with E-state index < -0.39 is 0 Å². The molecule has 0 bridgehead atoms. The average molecular weight is 283 g/mol. The van der Waals surface area contributed by atoms with Gasteiger partial charge in [-0.1, -0.05) is 11.6 Å². The molecule has 1 aromatic carbocycles.